The van der Waals surface area contributed by atoms with Gasteiger partial charge in [-0.1, -0.05) is 25.1 Å². The van der Waals surface area contributed by atoms with Crippen molar-refractivity contribution in [3.8, 4) is 5.75 Å². The van der Waals surface area contributed by atoms with Crippen molar-refractivity contribution in [2.24, 2.45) is 11.7 Å². The molecular formula is C14H21NO. The number of benzene rings is 1. The molecule has 2 nitrogen and oxygen atoms in total. The molecular weight excluding hydrogens is 198 g/mol. The van der Waals surface area contributed by atoms with E-state index in [2.05, 4.69) is 32.0 Å². The van der Waals surface area contributed by atoms with Gasteiger partial charge >= 0.3 is 0 Å². The van der Waals surface area contributed by atoms with Gasteiger partial charge in [0, 0.05) is 6.04 Å². The monoisotopic (exact) mass is 219 g/mol. The summed E-state index contributed by atoms with van der Waals surface area (Å²) in [7, 11) is 0. The van der Waals surface area contributed by atoms with Crippen molar-refractivity contribution in [2.45, 2.75) is 38.6 Å². The first-order chi connectivity index (χ1) is 7.68. The molecule has 2 N–H and O–H groups in total. The van der Waals surface area contributed by atoms with Gasteiger partial charge in [0.25, 0.3) is 0 Å². The Balaban J connectivity index is 2.13. The van der Waals surface area contributed by atoms with Crippen molar-refractivity contribution in [3.05, 3.63) is 29.8 Å². The maximum atomic E-state index is 5.94. The molecule has 0 spiro atoms. The molecule has 1 aliphatic heterocycles. The Labute approximate surface area is 97.8 Å². The third kappa shape index (κ3) is 2.38. The second-order valence-corrected chi connectivity index (χ2v) is 4.94. The van der Waals surface area contributed by atoms with E-state index in [0.717, 1.165) is 25.2 Å². The number of para-hydroxylation sites is 1. The van der Waals surface area contributed by atoms with E-state index in [4.69, 9.17) is 10.5 Å². The average Bonchev–Trinajstić information content (AvgIpc) is 2.29. The topological polar surface area (TPSA) is 35.2 Å². The van der Waals surface area contributed by atoms with Crippen LogP contribution in [0, 0.1) is 5.92 Å². The third-order valence-electron chi connectivity index (χ3n) is 3.64. The van der Waals surface area contributed by atoms with Gasteiger partial charge < -0.3 is 10.5 Å². The molecule has 0 bridgehead atoms. The maximum Gasteiger partial charge on any atom is 0.122 e. The summed E-state index contributed by atoms with van der Waals surface area (Å²) < 4.78 is 5.66. The highest BCUT2D eigenvalue weighted by Gasteiger charge is 2.23. The lowest BCUT2D eigenvalue weighted by Gasteiger charge is -2.29. The molecule has 2 rings (SSSR count). The molecule has 1 aromatic rings. The Morgan fingerprint density at radius 1 is 1.38 bits per heavy atom. The molecule has 0 aromatic heterocycles. The van der Waals surface area contributed by atoms with Gasteiger partial charge in [0.2, 0.25) is 0 Å². The normalized spacial score (nSPS) is 23.1. The smallest absolute Gasteiger partial charge is 0.122 e. The first-order valence-corrected chi connectivity index (χ1v) is 6.15. The number of rotatable bonds is 3. The zero-order chi connectivity index (χ0) is 11.5. The second-order valence-electron chi connectivity index (χ2n) is 4.94. The molecule has 3 atom stereocenters. The van der Waals surface area contributed by atoms with E-state index in [0.29, 0.717) is 11.8 Å². The number of ether oxygens (including phenoxy) is 1. The minimum Gasteiger partial charge on any atom is -0.493 e. The molecule has 1 aromatic carbocycles. The molecule has 1 heterocycles. The summed E-state index contributed by atoms with van der Waals surface area (Å²) in [5.74, 6) is 2.25. The van der Waals surface area contributed by atoms with Gasteiger partial charge in [0.1, 0.15) is 5.75 Å². The van der Waals surface area contributed by atoms with E-state index in [1.54, 1.807) is 0 Å². The Hall–Kier alpha value is -1.02. The Kier molecular flexibility index (Phi) is 3.49. The van der Waals surface area contributed by atoms with Crippen molar-refractivity contribution in [1.29, 1.82) is 0 Å². The minimum atomic E-state index is 0.273. The van der Waals surface area contributed by atoms with Gasteiger partial charge in [-0.2, -0.15) is 0 Å². The average molecular weight is 219 g/mol. The quantitative estimate of drug-likeness (QED) is 0.848. The predicted octanol–water partition coefficient (Wildman–Crippen LogP) is 2.93. The fourth-order valence-electron chi connectivity index (χ4n) is 2.32. The number of hydrogen-bond acceptors (Lipinski definition) is 2. The van der Waals surface area contributed by atoms with Crippen molar-refractivity contribution in [1.82, 2.24) is 0 Å². The molecule has 88 valence electrons. The lowest BCUT2D eigenvalue weighted by atomic mass is 9.83. The van der Waals surface area contributed by atoms with Crippen LogP contribution in [-0.2, 0) is 0 Å². The highest BCUT2D eigenvalue weighted by atomic mass is 16.5. The summed E-state index contributed by atoms with van der Waals surface area (Å²) in [6.07, 6.45) is 2.28. The van der Waals surface area contributed by atoms with Gasteiger partial charge in [-0.3, -0.25) is 0 Å². The molecule has 0 saturated carbocycles. The highest BCUT2D eigenvalue weighted by Crippen LogP contribution is 2.37. The molecule has 0 saturated heterocycles. The van der Waals surface area contributed by atoms with E-state index >= 15 is 0 Å². The second kappa shape index (κ2) is 4.88. The molecule has 16 heavy (non-hydrogen) atoms. The summed E-state index contributed by atoms with van der Waals surface area (Å²) in [5, 5.41) is 0. The molecule has 0 amide bonds. The van der Waals surface area contributed by atoms with Crippen LogP contribution in [-0.4, -0.2) is 12.6 Å². The lowest BCUT2D eigenvalue weighted by molar-refractivity contribution is 0.249. The van der Waals surface area contributed by atoms with Crippen LogP contribution >= 0.6 is 0 Å². The van der Waals surface area contributed by atoms with E-state index in [1.165, 1.54) is 5.56 Å². The standard InChI is InChI=1S/C14H21NO/c1-10(11(2)15)9-12-7-8-16-14-6-4-3-5-13(12)14/h3-6,10-12H,7-9,15H2,1-2H3. The highest BCUT2D eigenvalue weighted by molar-refractivity contribution is 5.37. The SMILES string of the molecule is CC(N)C(C)CC1CCOc2ccccc21. The van der Waals surface area contributed by atoms with E-state index in [-0.39, 0.29) is 6.04 Å². The molecule has 0 radical (unpaired) electrons. The largest absolute Gasteiger partial charge is 0.493 e. The number of fused-ring (bicyclic) bond motifs is 1. The van der Waals surface area contributed by atoms with Gasteiger partial charge in [-0.15, -0.1) is 0 Å². The van der Waals surface area contributed by atoms with E-state index in [1.807, 2.05) is 6.07 Å². The zero-order valence-corrected chi connectivity index (χ0v) is 10.1. The summed E-state index contributed by atoms with van der Waals surface area (Å²) in [5.41, 5.74) is 7.30. The van der Waals surface area contributed by atoms with E-state index in [9.17, 15) is 0 Å². The predicted molar refractivity (Wildman–Crippen MR) is 66.7 cm³/mol. The third-order valence-corrected chi connectivity index (χ3v) is 3.64. The van der Waals surface area contributed by atoms with Crippen LogP contribution in [0.1, 0.15) is 38.2 Å². The van der Waals surface area contributed by atoms with Crippen LogP contribution in [0.4, 0.5) is 0 Å². The fraction of sp³-hybridized carbons (Fsp3) is 0.571. The Bertz CT molecular complexity index is 348. The van der Waals surface area contributed by atoms with Crippen LogP contribution in [0.5, 0.6) is 5.75 Å². The van der Waals surface area contributed by atoms with Crippen LogP contribution < -0.4 is 10.5 Å². The maximum absolute atomic E-state index is 5.94. The number of hydrogen-bond donors (Lipinski definition) is 1. The summed E-state index contributed by atoms with van der Waals surface area (Å²) >= 11 is 0. The fourth-order valence-corrected chi connectivity index (χ4v) is 2.32. The van der Waals surface area contributed by atoms with Crippen molar-refractivity contribution >= 4 is 0 Å². The Morgan fingerprint density at radius 2 is 2.12 bits per heavy atom. The van der Waals surface area contributed by atoms with Crippen LogP contribution in [0.2, 0.25) is 0 Å². The summed E-state index contributed by atoms with van der Waals surface area (Å²) in [6.45, 7) is 5.17. The van der Waals surface area contributed by atoms with Crippen LogP contribution in [0.15, 0.2) is 24.3 Å². The first-order valence-electron chi connectivity index (χ1n) is 6.15. The summed E-state index contributed by atoms with van der Waals surface area (Å²) in [6, 6.07) is 8.66. The first kappa shape index (κ1) is 11.5. The Morgan fingerprint density at radius 3 is 2.88 bits per heavy atom. The molecule has 0 aliphatic carbocycles. The summed E-state index contributed by atoms with van der Waals surface area (Å²) in [4.78, 5) is 0. The van der Waals surface area contributed by atoms with Crippen molar-refractivity contribution < 1.29 is 4.74 Å². The molecule has 3 unspecified atom stereocenters. The van der Waals surface area contributed by atoms with Crippen LogP contribution in [0.25, 0.3) is 0 Å². The minimum absolute atomic E-state index is 0.273. The van der Waals surface area contributed by atoms with Crippen molar-refractivity contribution in [2.75, 3.05) is 6.61 Å². The molecule has 0 fully saturated rings. The molecule has 1 aliphatic rings. The molecule has 2 heteroatoms. The van der Waals surface area contributed by atoms with Gasteiger partial charge in [-0.25, -0.2) is 0 Å². The van der Waals surface area contributed by atoms with E-state index < -0.39 is 0 Å². The number of nitrogens with two attached hydrogens (primary N) is 1. The van der Waals surface area contributed by atoms with Gasteiger partial charge in [0.05, 0.1) is 6.61 Å². The zero-order valence-electron chi connectivity index (χ0n) is 10.1. The van der Waals surface area contributed by atoms with Gasteiger partial charge in [-0.05, 0) is 43.2 Å². The lowest BCUT2D eigenvalue weighted by Crippen LogP contribution is -2.27. The van der Waals surface area contributed by atoms with Crippen LogP contribution in [0.3, 0.4) is 0 Å². The van der Waals surface area contributed by atoms with Crippen molar-refractivity contribution in [3.63, 3.8) is 0 Å². The van der Waals surface area contributed by atoms with Gasteiger partial charge in [0.15, 0.2) is 0 Å².